The average molecular weight is 369 g/mol. The van der Waals surface area contributed by atoms with Gasteiger partial charge < -0.3 is 24.1 Å². The van der Waals surface area contributed by atoms with Crippen LogP contribution in [0, 0.1) is 0 Å². The Balaban J connectivity index is 1.85. The second-order valence-corrected chi connectivity index (χ2v) is 6.32. The first-order chi connectivity index (χ1) is 13.1. The fourth-order valence-electron chi connectivity index (χ4n) is 3.34. The van der Waals surface area contributed by atoms with Crippen molar-refractivity contribution < 1.29 is 14.2 Å². The molecule has 0 radical (unpaired) electrons. The van der Waals surface area contributed by atoms with Gasteiger partial charge in [-0.05, 0) is 32.0 Å². The van der Waals surface area contributed by atoms with E-state index < -0.39 is 0 Å². The van der Waals surface area contributed by atoms with E-state index in [-0.39, 0.29) is 6.04 Å². The van der Waals surface area contributed by atoms with Crippen LogP contribution in [0.1, 0.15) is 31.3 Å². The van der Waals surface area contributed by atoms with Gasteiger partial charge in [-0.3, -0.25) is 0 Å². The molecule has 1 unspecified atom stereocenters. The van der Waals surface area contributed by atoms with Gasteiger partial charge in [0, 0.05) is 24.7 Å². The molecule has 0 saturated heterocycles. The van der Waals surface area contributed by atoms with Crippen LogP contribution in [0.15, 0.2) is 36.4 Å². The van der Waals surface area contributed by atoms with E-state index >= 15 is 0 Å². The van der Waals surface area contributed by atoms with Crippen molar-refractivity contribution in [2.45, 2.75) is 33.0 Å². The van der Waals surface area contributed by atoms with Gasteiger partial charge >= 0.3 is 0 Å². The Morgan fingerprint density at radius 2 is 1.67 bits per heavy atom. The number of nitrogens with one attached hydrogen (secondary N) is 1. The molecule has 3 aromatic rings. The number of fused-ring (bicyclic) bond motifs is 1. The van der Waals surface area contributed by atoms with Crippen molar-refractivity contribution in [2.24, 2.45) is 0 Å². The fourth-order valence-corrected chi connectivity index (χ4v) is 3.34. The number of hydrogen-bond acceptors (Lipinski definition) is 5. The first-order valence-electron chi connectivity index (χ1n) is 9.10. The summed E-state index contributed by atoms with van der Waals surface area (Å²) in [6.07, 6.45) is 0. The van der Waals surface area contributed by atoms with Gasteiger partial charge in [0.15, 0.2) is 11.5 Å². The summed E-state index contributed by atoms with van der Waals surface area (Å²) in [5, 5.41) is 3.55. The largest absolute Gasteiger partial charge is 0.496 e. The smallest absolute Gasteiger partial charge is 0.164 e. The van der Waals surface area contributed by atoms with E-state index in [0.717, 1.165) is 34.7 Å². The maximum Gasteiger partial charge on any atom is 0.164 e. The van der Waals surface area contributed by atoms with Crippen molar-refractivity contribution in [1.29, 1.82) is 0 Å². The molecule has 1 aromatic heterocycles. The highest BCUT2D eigenvalue weighted by atomic mass is 16.5. The van der Waals surface area contributed by atoms with Crippen molar-refractivity contribution >= 4 is 11.0 Å². The van der Waals surface area contributed by atoms with Crippen LogP contribution in [0.25, 0.3) is 11.0 Å². The third kappa shape index (κ3) is 3.71. The lowest BCUT2D eigenvalue weighted by Gasteiger charge is -2.18. The summed E-state index contributed by atoms with van der Waals surface area (Å²) < 4.78 is 18.5. The number of rotatable bonds is 8. The summed E-state index contributed by atoms with van der Waals surface area (Å²) in [6, 6.07) is 12.1. The summed E-state index contributed by atoms with van der Waals surface area (Å²) in [5.74, 6) is 3.12. The van der Waals surface area contributed by atoms with E-state index in [1.807, 2.05) is 24.3 Å². The molecule has 27 heavy (non-hydrogen) atoms. The zero-order chi connectivity index (χ0) is 19.4. The number of aryl methyl sites for hydroxylation is 1. The van der Waals surface area contributed by atoms with Crippen LogP contribution in [0.3, 0.4) is 0 Å². The van der Waals surface area contributed by atoms with E-state index in [9.17, 15) is 0 Å². The van der Waals surface area contributed by atoms with Crippen LogP contribution in [0.4, 0.5) is 0 Å². The number of para-hydroxylation sites is 2. The monoisotopic (exact) mass is 369 g/mol. The van der Waals surface area contributed by atoms with Gasteiger partial charge in [0.1, 0.15) is 11.6 Å². The van der Waals surface area contributed by atoms with E-state index in [1.165, 1.54) is 0 Å². The maximum absolute atomic E-state index is 5.52. The van der Waals surface area contributed by atoms with Crippen LogP contribution >= 0.6 is 0 Å². The molecule has 6 nitrogen and oxygen atoms in total. The van der Waals surface area contributed by atoms with Crippen molar-refractivity contribution in [1.82, 2.24) is 14.9 Å². The van der Waals surface area contributed by atoms with E-state index in [0.29, 0.717) is 18.0 Å². The summed E-state index contributed by atoms with van der Waals surface area (Å²) in [5.41, 5.74) is 3.18. The van der Waals surface area contributed by atoms with Crippen LogP contribution in [-0.2, 0) is 13.1 Å². The summed E-state index contributed by atoms with van der Waals surface area (Å²) in [4.78, 5) is 4.82. The Bertz CT molecular complexity index is 920. The Hall–Kier alpha value is -2.73. The molecule has 3 rings (SSSR count). The normalized spacial score (nSPS) is 12.2. The minimum absolute atomic E-state index is 0.0788. The first kappa shape index (κ1) is 19.0. The highest BCUT2D eigenvalue weighted by molar-refractivity contribution is 5.76. The molecule has 0 amide bonds. The van der Waals surface area contributed by atoms with Crippen LogP contribution in [-0.4, -0.2) is 30.9 Å². The van der Waals surface area contributed by atoms with E-state index in [1.54, 1.807) is 21.3 Å². The zero-order valence-electron chi connectivity index (χ0n) is 16.6. The molecule has 6 heteroatoms. The molecule has 144 valence electrons. The SMILES string of the molecule is CCn1c(C(C)NCc2cc(OC)c(OC)cc2OC)nc2ccccc21. The highest BCUT2D eigenvalue weighted by Gasteiger charge is 2.17. The molecule has 1 atom stereocenters. The van der Waals surface area contributed by atoms with E-state index in [4.69, 9.17) is 19.2 Å². The number of ether oxygens (including phenoxy) is 3. The third-order valence-corrected chi connectivity index (χ3v) is 4.77. The predicted octanol–water partition coefficient (Wildman–Crippen LogP) is 3.93. The molecule has 0 spiro atoms. The molecule has 0 aliphatic heterocycles. The minimum atomic E-state index is 0.0788. The standard InChI is InChI=1S/C21H27N3O3/c1-6-24-17-10-8-7-9-16(17)23-21(24)14(2)22-13-15-11-19(26-4)20(27-5)12-18(15)25-3/h7-12,14,22H,6,13H2,1-5H3. The van der Waals surface area contributed by atoms with Crippen molar-refractivity contribution in [3.05, 3.63) is 47.8 Å². The fraction of sp³-hybridized carbons (Fsp3) is 0.381. The lowest BCUT2D eigenvalue weighted by molar-refractivity contribution is 0.346. The van der Waals surface area contributed by atoms with Gasteiger partial charge in [0.25, 0.3) is 0 Å². The number of methoxy groups -OCH3 is 3. The molecule has 0 saturated carbocycles. The van der Waals surface area contributed by atoms with Gasteiger partial charge in [-0.1, -0.05) is 12.1 Å². The Morgan fingerprint density at radius 1 is 1.00 bits per heavy atom. The molecule has 1 heterocycles. The van der Waals surface area contributed by atoms with Gasteiger partial charge in [-0.15, -0.1) is 0 Å². The Kier molecular flexibility index (Phi) is 5.86. The van der Waals surface area contributed by atoms with Crippen molar-refractivity contribution in [2.75, 3.05) is 21.3 Å². The first-order valence-corrected chi connectivity index (χ1v) is 9.10. The molecule has 0 bridgehead atoms. The summed E-state index contributed by atoms with van der Waals surface area (Å²) in [7, 11) is 4.91. The summed E-state index contributed by atoms with van der Waals surface area (Å²) in [6.45, 7) is 5.77. The maximum atomic E-state index is 5.52. The lowest BCUT2D eigenvalue weighted by Crippen LogP contribution is -2.22. The van der Waals surface area contributed by atoms with Crippen molar-refractivity contribution in [3.63, 3.8) is 0 Å². The minimum Gasteiger partial charge on any atom is -0.496 e. The molecule has 0 aliphatic rings. The van der Waals surface area contributed by atoms with Crippen LogP contribution in [0.2, 0.25) is 0 Å². The second kappa shape index (κ2) is 8.31. The number of imidazole rings is 1. The van der Waals surface area contributed by atoms with Gasteiger partial charge in [0.2, 0.25) is 0 Å². The average Bonchev–Trinajstić information content (AvgIpc) is 3.09. The molecule has 1 N–H and O–H groups in total. The van der Waals surface area contributed by atoms with Gasteiger partial charge in [-0.25, -0.2) is 4.98 Å². The third-order valence-electron chi connectivity index (χ3n) is 4.77. The molecule has 2 aromatic carbocycles. The topological polar surface area (TPSA) is 57.5 Å². The number of aromatic nitrogens is 2. The highest BCUT2D eigenvalue weighted by Crippen LogP contribution is 2.34. The zero-order valence-corrected chi connectivity index (χ0v) is 16.6. The predicted molar refractivity (Wildman–Crippen MR) is 107 cm³/mol. The van der Waals surface area contributed by atoms with E-state index in [2.05, 4.69) is 35.9 Å². The lowest BCUT2D eigenvalue weighted by atomic mass is 10.1. The molecular formula is C21H27N3O3. The number of hydrogen-bond donors (Lipinski definition) is 1. The second-order valence-electron chi connectivity index (χ2n) is 6.32. The molecule has 0 aliphatic carbocycles. The van der Waals surface area contributed by atoms with Crippen LogP contribution < -0.4 is 19.5 Å². The van der Waals surface area contributed by atoms with Crippen molar-refractivity contribution in [3.8, 4) is 17.2 Å². The van der Waals surface area contributed by atoms with Crippen LogP contribution in [0.5, 0.6) is 17.2 Å². The quantitative estimate of drug-likeness (QED) is 0.652. The molecular weight excluding hydrogens is 342 g/mol. The van der Waals surface area contributed by atoms with Gasteiger partial charge in [-0.2, -0.15) is 0 Å². The Labute approximate surface area is 160 Å². The Morgan fingerprint density at radius 3 is 2.33 bits per heavy atom. The molecule has 0 fully saturated rings. The van der Waals surface area contributed by atoms with Gasteiger partial charge in [0.05, 0.1) is 38.4 Å². The number of nitrogens with zero attached hydrogens (tertiary/aromatic N) is 2. The summed E-state index contributed by atoms with van der Waals surface area (Å²) >= 11 is 0. The number of benzene rings is 2.